The highest BCUT2D eigenvalue weighted by Crippen LogP contribution is 2.49. The molecular formula is C24H32N2OS. The fourth-order valence-corrected chi connectivity index (χ4v) is 6.07. The van der Waals surface area contributed by atoms with Gasteiger partial charge in [0.25, 0.3) is 5.56 Å². The Morgan fingerprint density at radius 3 is 2.68 bits per heavy atom. The molecule has 4 rings (SSSR count). The Morgan fingerprint density at radius 2 is 1.96 bits per heavy atom. The van der Waals surface area contributed by atoms with Gasteiger partial charge in [-0.05, 0) is 37.2 Å². The third kappa shape index (κ3) is 3.45. The van der Waals surface area contributed by atoms with E-state index in [2.05, 4.69) is 45.0 Å². The topological polar surface area (TPSA) is 34.9 Å². The lowest BCUT2D eigenvalue weighted by Gasteiger charge is -2.36. The number of unbranched alkanes of at least 4 members (excludes halogenated alkanes) is 1. The lowest BCUT2D eigenvalue weighted by molar-refractivity contribution is 0.404. The minimum atomic E-state index is -0.000878. The van der Waals surface area contributed by atoms with Crippen molar-refractivity contribution in [2.24, 2.45) is 5.92 Å². The van der Waals surface area contributed by atoms with Crippen LogP contribution < -0.4 is 5.56 Å². The van der Waals surface area contributed by atoms with Gasteiger partial charge in [-0.25, -0.2) is 4.98 Å². The number of fused-ring (bicyclic) bond motifs is 4. The fraction of sp³-hybridized carbons (Fsp3) is 0.583. The van der Waals surface area contributed by atoms with E-state index in [1.54, 1.807) is 11.8 Å². The summed E-state index contributed by atoms with van der Waals surface area (Å²) < 4.78 is 2.00. The quantitative estimate of drug-likeness (QED) is 0.350. The normalized spacial score (nSPS) is 17.1. The average molecular weight is 397 g/mol. The van der Waals surface area contributed by atoms with Crippen molar-refractivity contribution in [2.75, 3.05) is 5.75 Å². The fourth-order valence-electron chi connectivity index (χ4n) is 4.99. The molecule has 4 heteroatoms. The summed E-state index contributed by atoms with van der Waals surface area (Å²) in [4.78, 5) is 19.1. The number of thioether (sulfide) groups is 1. The first-order chi connectivity index (χ1) is 13.6. The third-order valence-corrected chi connectivity index (χ3v) is 7.37. The van der Waals surface area contributed by atoms with Crippen LogP contribution in [0.3, 0.4) is 0 Å². The molecule has 0 bridgehead atoms. The van der Waals surface area contributed by atoms with E-state index in [1.165, 1.54) is 24.0 Å². The molecule has 28 heavy (non-hydrogen) atoms. The number of rotatable bonds is 6. The zero-order valence-electron chi connectivity index (χ0n) is 17.5. The number of benzene rings is 1. The van der Waals surface area contributed by atoms with E-state index in [1.807, 2.05) is 4.57 Å². The Hall–Kier alpha value is -1.55. The highest BCUT2D eigenvalue weighted by molar-refractivity contribution is 7.99. The van der Waals surface area contributed by atoms with Crippen LogP contribution in [0.25, 0.3) is 11.3 Å². The van der Waals surface area contributed by atoms with Crippen molar-refractivity contribution in [1.29, 1.82) is 0 Å². The van der Waals surface area contributed by atoms with Gasteiger partial charge in [0.05, 0.1) is 11.3 Å². The molecule has 0 N–H and O–H groups in total. The molecule has 1 heterocycles. The molecule has 0 atom stereocenters. The van der Waals surface area contributed by atoms with Gasteiger partial charge in [-0.2, -0.15) is 0 Å². The second-order valence-corrected chi connectivity index (χ2v) is 10.0. The zero-order chi connectivity index (χ0) is 19.7. The SMILES string of the molecule is CCCCSc1nc2c(c(=O)n1CC(C)C)C1(CCCC1)Cc1ccccc1-2. The maximum atomic E-state index is 13.9. The summed E-state index contributed by atoms with van der Waals surface area (Å²) in [5.41, 5.74) is 4.78. The van der Waals surface area contributed by atoms with Crippen molar-refractivity contribution in [2.45, 2.75) is 82.8 Å². The van der Waals surface area contributed by atoms with E-state index in [-0.39, 0.29) is 11.0 Å². The van der Waals surface area contributed by atoms with Gasteiger partial charge in [0.1, 0.15) is 0 Å². The standard InChI is InChI=1S/C24H32N2OS/c1-4-5-14-28-23-25-21-19-11-7-6-10-18(19)15-24(12-8-9-13-24)20(21)22(27)26(23)16-17(2)3/h6-7,10-11,17H,4-5,8-9,12-16H2,1-3H3. The van der Waals surface area contributed by atoms with Gasteiger partial charge in [0.15, 0.2) is 5.16 Å². The van der Waals surface area contributed by atoms with Crippen LogP contribution in [0.2, 0.25) is 0 Å². The maximum Gasteiger partial charge on any atom is 0.258 e. The molecule has 2 aliphatic rings. The second kappa shape index (κ2) is 8.06. The van der Waals surface area contributed by atoms with Gasteiger partial charge in [-0.3, -0.25) is 9.36 Å². The average Bonchev–Trinajstić information content (AvgIpc) is 3.13. The molecule has 150 valence electrons. The van der Waals surface area contributed by atoms with E-state index in [0.29, 0.717) is 5.92 Å². The minimum Gasteiger partial charge on any atom is -0.287 e. The van der Waals surface area contributed by atoms with Gasteiger partial charge in [-0.15, -0.1) is 0 Å². The van der Waals surface area contributed by atoms with E-state index in [0.717, 1.165) is 60.8 Å². The molecule has 1 saturated carbocycles. The van der Waals surface area contributed by atoms with Crippen LogP contribution in [0.4, 0.5) is 0 Å². The molecule has 0 unspecified atom stereocenters. The first-order valence-corrected chi connectivity index (χ1v) is 11.9. The van der Waals surface area contributed by atoms with E-state index >= 15 is 0 Å². The first-order valence-electron chi connectivity index (χ1n) is 10.9. The van der Waals surface area contributed by atoms with Gasteiger partial charge >= 0.3 is 0 Å². The zero-order valence-corrected chi connectivity index (χ0v) is 18.3. The number of aromatic nitrogens is 2. The van der Waals surface area contributed by atoms with Crippen LogP contribution in [0, 0.1) is 5.92 Å². The molecule has 1 spiro atoms. The van der Waals surface area contributed by atoms with Crippen molar-refractivity contribution in [3.05, 3.63) is 45.7 Å². The molecule has 0 saturated heterocycles. The largest absolute Gasteiger partial charge is 0.287 e. The second-order valence-electron chi connectivity index (χ2n) is 8.95. The molecule has 3 nitrogen and oxygen atoms in total. The van der Waals surface area contributed by atoms with Crippen LogP contribution in [-0.2, 0) is 18.4 Å². The van der Waals surface area contributed by atoms with Crippen LogP contribution >= 0.6 is 11.8 Å². The Bertz CT molecular complexity index is 909. The third-order valence-electron chi connectivity index (χ3n) is 6.30. The lowest BCUT2D eigenvalue weighted by Crippen LogP contribution is -2.40. The summed E-state index contributed by atoms with van der Waals surface area (Å²) in [5.74, 6) is 1.45. The van der Waals surface area contributed by atoms with Crippen LogP contribution in [0.15, 0.2) is 34.2 Å². The number of nitrogens with zero attached hydrogens (tertiary/aromatic N) is 2. The number of hydrogen-bond acceptors (Lipinski definition) is 3. The molecule has 1 fully saturated rings. The summed E-state index contributed by atoms with van der Waals surface area (Å²) in [7, 11) is 0. The highest BCUT2D eigenvalue weighted by atomic mass is 32.2. The lowest BCUT2D eigenvalue weighted by atomic mass is 9.68. The van der Waals surface area contributed by atoms with Crippen LogP contribution in [0.1, 0.15) is 70.4 Å². The summed E-state index contributed by atoms with van der Waals surface area (Å²) in [6, 6.07) is 8.61. The smallest absolute Gasteiger partial charge is 0.258 e. The Morgan fingerprint density at radius 1 is 1.21 bits per heavy atom. The molecule has 1 aromatic carbocycles. The van der Waals surface area contributed by atoms with Crippen molar-refractivity contribution in [1.82, 2.24) is 9.55 Å². The molecule has 2 aliphatic carbocycles. The summed E-state index contributed by atoms with van der Waals surface area (Å²) in [6.45, 7) is 7.34. The highest BCUT2D eigenvalue weighted by Gasteiger charge is 2.44. The first kappa shape index (κ1) is 19.8. The maximum absolute atomic E-state index is 13.9. The van der Waals surface area contributed by atoms with Gasteiger partial charge in [0.2, 0.25) is 0 Å². The predicted octanol–water partition coefficient (Wildman–Crippen LogP) is 5.83. The summed E-state index contributed by atoms with van der Waals surface area (Å²) in [6.07, 6.45) is 8.00. The molecule has 0 radical (unpaired) electrons. The molecule has 0 amide bonds. The Balaban J connectivity index is 1.93. The van der Waals surface area contributed by atoms with E-state index in [9.17, 15) is 4.79 Å². The van der Waals surface area contributed by atoms with E-state index in [4.69, 9.17) is 4.98 Å². The monoisotopic (exact) mass is 396 g/mol. The van der Waals surface area contributed by atoms with Crippen molar-refractivity contribution >= 4 is 11.8 Å². The number of hydrogen-bond donors (Lipinski definition) is 0. The van der Waals surface area contributed by atoms with Crippen molar-refractivity contribution in [3.8, 4) is 11.3 Å². The molecule has 2 aromatic rings. The Kier molecular flexibility index (Phi) is 5.69. The predicted molar refractivity (Wildman–Crippen MR) is 118 cm³/mol. The van der Waals surface area contributed by atoms with Crippen molar-refractivity contribution < 1.29 is 0 Å². The molecular weight excluding hydrogens is 364 g/mol. The minimum absolute atomic E-state index is 0.000878. The van der Waals surface area contributed by atoms with Gasteiger partial charge < -0.3 is 0 Å². The van der Waals surface area contributed by atoms with Gasteiger partial charge in [-0.1, -0.05) is 76.1 Å². The Labute approximate surface area is 173 Å². The molecule has 1 aromatic heterocycles. The van der Waals surface area contributed by atoms with Gasteiger partial charge in [0, 0.05) is 23.3 Å². The van der Waals surface area contributed by atoms with E-state index < -0.39 is 0 Å². The summed E-state index contributed by atoms with van der Waals surface area (Å²) >= 11 is 1.76. The van der Waals surface area contributed by atoms with Crippen LogP contribution in [-0.4, -0.2) is 15.3 Å². The summed E-state index contributed by atoms with van der Waals surface area (Å²) in [5, 5.41) is 0.913. The van der Waals surface area contributed by atoms with Crippen LogP contribution in [0.5, 0.6) is 0 Å². The molecule has 0 aliphatic heterocycles. The van der Waals surface area contributed by atoms with Crippen molar-refractivity contribution in [3.63, 3.8) is 0 Å².